The third-order valence-corrected chi connectivity index (χ3v) is 3.69. The highest BCUT2D eigenvalue weighted by Gasteiger charge is 2.28. The van der Waals surface area contributed by atoms with Crippen LogP contribution in [0.1, 0.15) is 36.7 Å². The van der Waals surface area contributed by atoms with Gasteiger partial charge in [0.25, 0.3) is 0 Å². The second kappa shape index (κ2) is 6.16. The van der Waals surface area contributed by atoms with Crippen LogP contribution in [0, 0.1) is 5.92 Å². The van der Waals surface area contributed by atoms with Gasteiger partial charge in [0.05, 0.1) is 5.56 Å². The molecule has 1 aliphatic heterocycles. The number of hydrogen-bond donors (Lipinski definition) is 1. The van der Waals surface area contributed by atoms with Crippen LogP contribution >= 0.6 is 0 Å². The Morgan fingerprint density at radius 2 is 2.10 bits per heavy atom. The highest BCUT2D eigenvalue weighted by atomic mass is 16.4. The number of carboxylic acid groups (broad SMARTS) is 1. The van der Waals surface area contributed by atoms with Crippen molar-refractivity contribution in [1.82, 2.24) is 4.90 Å². The maximum atomic E-state index is 12.6. The molecule has 2 amide bonds. The summed E-state index contributed by atoms with van der Waals surface area (Å²) in [7, 11) is 0. The van der Waals surface area contributed by atoms with Crippen LogP contribution in [0.15, 0.2) is 18.2 Å². The van der Waals surface area contributed by atoms with Gasteiger partial charge in [-0.05, 0) is 43.0 Å². The van der Waals surface area contributed by atoms with E-state index < -0.39 is 5.97 Å². The number of fused-ring (bicyclic) bond motifs is 1. The molecule has 0 atom stereocenters. The number of anilines is 1. The van der Waals surface area contributed by atoms with E-state index in [-0.39, 0.29) is 11.6 Å². The van der Waals surface area contributed by atoms with E-state index in [1.807, 2.05) is 11.8 Å². The fourth-order valence-electron chi connectivity index (χ4n) is 2.69. The van der Waals surface area contributed by atoms with Crippen LogP contribution in [0.2, 0.25) is 0 Å². The van der Waals surface area contributed by atoms with Gasteiger partial charge in [-0.3, -0.25) is 4.90 Å². The standard InChI is InChI=1S/C16H22N2O3/c1-4-17(10-11(2)3)16(21)18-8-7-12-9-13(15(19)20)5-6-14(12)18/h5-6,9,11H,4,7-8,10H2,1-3H3,(H,19,20). The molecule has 114 valence electrons. The Morgan fingerprint density at radius 3 is 2.67 bits per heavy atom. The van der Waals surface area contributed by atoms with Gasteiger partial charge in [0.2, 0.25) is 0 Å². The zero-order chi connectivity index (χ0) is 15.6. The molecule has 5 nitrogen and oxygen atoms in total. The van der Waals surface area contributed by atoms with E-state index in [2.05, 4.69) is 13.8 Å². The predicted octanol–water partition coefficient (Wildman–Crippen LogP) is 2.85. The van der Waals surface area contributed by atoms with Crippen molar-refractivity contribution in [2.24, 2.45) is 5.92 Å². The van der Waals surface area contributed by atoms with Gasteiger partial charge in [0.15, 0.2) is 0 Å². The molecular formula is C16H22N2O3. The average Bonchev–Trinajstić information content (AvgIpc) is 2.86. The molecular weight excluding hydrogens is 268 g/mol. The summed E-state index contributed by atoms with van der Waals surface area (Å²) in [4.78, 5) is 27.2. The summed E-state index contributed by atoms with van der Waals surface area (Å²) in [6.07, 6.45) is 0.710. The van der Waals surface area contributed by atoms with Crippen molar-refractivity contribution in [3.63, 3.8) is 0 Å². The molecule has 0 fully saturated rings. The van der Waals surface area contributed by atoms with Crippen molar-refractivity contribution in [2.45, 2.75) is 27.2 Å². The summed E-state index contributed by atoms with van der Waals surface area (Å²) in [6, 6.07) is 4.98. The smallest absolute Gasteiger partial charge is 0.335 e. The molecule has 1 aliphatic rings. The normalized spacial score (nSPS) is 13.4. The van der Waals surface area contributed by atoms with E-state index in [1.54, 1.807) is 23.1 Å². The first-order chi connectivity index (χ1) is 9.93. The van der Waals surface area contributed by atoms with Crippen molar-refractivity contribution in [3.05, 3.63) is 29.3 Å². The highest BCUT2D eigenvalue weighted by Crippen LogP contribution is 2.30. The third kappa shape index (κ3) is 3.17. The molecule has 0 aliphatic carbocycles. The zero-order valence-corrected chi connectivity index (χ0v) is 12.8. The second-order valence-electron chi connectivity index (χ2n) is 5.77. The van der Waals surface area contributed by atoms with Gasteiger partial charge in [0.1, 0.15) is 0 Å². The lowest BCUT2D eigenvalue weighted by atomic mass is 10.1. The van der Waals surface area contributed by atoms with Crippen LogP contribution in [-0.4, -0.2) is 41.6 Å². The number of amides is 2. The number of hydrogen-bond acceptors (Lipinski definition) is 2. The van der Waals surface area contributed by atoms with E-state index in [1.165, 1.54) is 0 Å². The number of rotatable bonds is 4. The second-order valence-corrected chi connectivity index (χ2v) is 5.77. The quantitative estimate of drug-likeness (QED) is 0.927. The number of benzene rings is 1. The molecule has 0 unspecified atom stereocenters. The molecule has 0 aromatic heterocycles. The van der Waals surface area contributed by atoms with Gasteiger partial charge in [-0.25, -0.2) is 9.59 Å². The Labute approximate surface area is 125 Å². The Hall–Kier alpha value is -2.04. The number of carbonyl (C=O) groups is 2. The molecule has 0 spiro atoms. The maximum absolute atomic E-state index is 12.6. The van der Waals surface area contributed by atoms with Gasteiger partial charge >= 0.3 is 12.0 Å². The summed E-state index contributed by atoms with van der Waals surface area (Å²) in [5.41, 5.74) is 2.05. The molecule has 0 radical (unpaired) electrons. The fourth-order valence-corrected chi connectivity index (χ4v) is 2.69. The van der Waals surface area contributed by atoms with Gasteiger partial charge in [0, 0.05) is 25.3 Å². The Bertz CT molecular complexity index is 554. The van der Waals surface area contributed by atoms with Gasteiger partial charge < -0.3 is 10.0 Å². The first-order valence-electron chi connectivity index (χ1n) is 7.36. The lowest BCUT2D eigenvalue weighted by molar-refractivity contribution is 0.0697. The molecule has 21 heavy (non-hydrogen) atoms. The molecule has 1 aromatic carbocycles. The summed E-state index contributed by atoms with van der Waals surface area (Å²) < 4.78 is 0. The molecule has 0 saturated heterocycles. The number of nitrogens with zero attached hydrogens (tertiary/aromatic N) is 2. The van der Waals surface area contributed by atoms with Crippen molar-refractivity contribution in [2.75, 3.05) is 24.5 Å². The van der Waals surface area contributed by atoms with Crippen LogP contribution in [0.4, 0.5) is 10.5 Å². The van der Waals surface area contributed by atoms with Crippen molar-refractivity contribution in [3.8, 4) is 0 Å². The van der Waals surface area contributed by atoms with Gasteiger partial charge in [-0.1, -0.05) is 13.8 Å². The summed E-state index contributed by atoms with van der Waals surface area (Å²) in [6.45, 7) is 8.18. The van der Waals surface area contributed by atoms with E-state index in [0.29, 0.717) is 25.4 Å². The fraction of sp³-hybridized carbons (Fsp3) is 0.500. The van der Waals surface area contributed by atoms with Crippen LogP contribution in [0.25, 0.3) is 0 Å². The average molecular weight is 290 g/mol. The van der Waals surface area contributed by atoms with Gasteiger partial charge in [-0.2, -0.15) is 0 Å². The third-order valence-electron chi connectivity index (χ3n) is 3.69. The molecule has 2 rings (SSSR count). The first kappa shape index (κ1) is 15.4. The topological polar surface area (TPSA) is 60.9 Å². The summed E-state index contributed by atoms with van der Waals surface area (Å²) >= 11 is 0. The van der Waals surface area contributed by atoms with Gasteiger partial charge in [-0.15, -0.1) is 0 Å². The van der Waals surface area contributed by atoms with E-state index in [0.717, 1.165) is 17.8 Å². The highest BCUT2D eigenvalue weighted by molar-refractivity contribution is 5.96. The monoisotopic (exact) mass is 290 g/mol. The van der Waals surface area contributed by atoms with Crippen LogP contribution in [0.3, 0.4) is 0 Å². The number of urea groups is 1. The van der Waals surface area contributed by atoms with E-state index in [9.17, 15) is 9.59 Å². The Morgan fingerprint density at radius 1 is 1.38 bits per heavy atom. The summed E-state index contributed by atoms with van der Waals surface area (Å²) in [5.74, 6) is -0.511. The van der Waals surface area contributed by atoms with E-state index >= 15 is 0 Å². The lowest BCUT2D eigenvalue weighted by Gasteiger charge is -2.28. The molecule has 1 heterocycles. The Kier molecular flexibility index (Phi) is 4.50. The molecule has 0 saturated carbocycles. The van der Waals surface area contributed by atoms with Crippen molar-refractivity contribution < 1.29 is 14.7 Å². The minimum Gasteiger partial charge on any atom is -0.478 e. The maximum Gasteiger partial charge on any atom is 0.335 e. The van der Waals surface area contributed by atoms with Crippen LogP contribution in [-0.2, 0) is 6.42 Å². The predicted molar refractivity (Wildman–Crippen MR) is 81.9 cm³/mol. The molecule has 1 aromatic rings. The number of carboxylic acids is 1. The SMILES string of the molecule is CCN(CC(C)C)C(=O)N1CCc2cc(C(=O)O)ccc21. The molecule has 1 N–H and O–H groups in total. The van der Waals surface area contributed by atoms with Crippen LogP contribution in [0.5, 0.6) is 0 Å². The summed E-state index contributed by atoms with van der Waals surface area (Å²) in [5, 5.41) is 9.03. The van der Waals surface area contributed by atoms with E-state index in [4.69, 9.17) is 5.11 Å². The molecule has 0 bridgehead atoms. The van der Waals surface area contributed by atoms with Crippen molar-refractivity contribution in [1.29, 1.82) is 0 Å². The number of aromatic carboxylic acids is 1. The minimum absolute atomic E-state index is 0.00743. The largest absolute Gasteiger partial charge is 0.478 e. The lowest BCUT2D eigenvalue weighted by Crippen LogP contribution is -2.44. The zero-order valence-electron chi connectivity index (χ0n) is 12.8. The van der Waals surface area contributed by atoms with Crippen molar-refractivity contribution >= 4 is 17.7 Å². The number of carbonyl (C=O) groups excluding carboxylic acids is 1. The minimum atomic E-state index is -0.933. The first-order valence-corrected chi connectivity index (χ1v) is 7.36. The Balaban J connectivity index is 2.22. The van der Waals surface area contributed by atoms with Crippen LogP contribution < -0.4 is 4.90 Å². The molecule has 5 heteroatoms.